The maximum atomic E-state index is 11.6. The summed E-state index contributed by atoms with van der Waals surface area (Å²) in [5, 5.41) is 5.19. The first kappa shape index (κ1) is 15.2. The van der Waals surface area contributed by atoms with E-state index in [-0.39, 0.29) is 0 Å². The molecule has 1 aromatic rings. The molecule has 1 rings (SSSR count). The third-order valence-electron chi connectivity index (χ3n) is 2.89. The summed E-state index contributed by atoms with van der Waals surface area (Å²) in [6.45, 7) is 4.71. The molecule has 19 heavy (non-hydrogen) atoms. The first-order chi connectivity index (χ1) is 9.17. The van der Waals surface area contributed by atoms with Gasteiger partial charge in [0.2, 0.25) is 0 Å². The second-order valence-corrected chi connectivity index (χ2v) is 4.47. The average molecular weight is 262 g/mol. The number of carbonyl (C=O) groups is 2. The van der Waals surface area contributed by atoms with E-state index in [0.717, 1.165) is 25.7 Å². The number of hydrogen-bond donors (Lipinski definition) is 2. The number of aryl methyl sites for hydroxylation is 1. The third kappa shape index (κ3) is 5.55. The van der Waals surface area contributed by atoms with Gasteiger partial charge >= 0.3 is 11.8 Å². The summed E-state index contributed by atoms with van der Waals surface area (Å²) >= 11 is 0. The Kier molecular flexibility index (Phi) is 6.64. The first-order valence-electron chi connectivity index (χ1n) is 6.85. The van der Waals surface area contributed by atoms with Crippen LogP contribution in [0.3, 0.4) is 0 Å². The standard InChI is InChI=1S/C15H22N2O2/c1-3-5-6-11-16-14(18)15(19)17-13-9-7-12(4-2)8-10-13/h7-10H,3-6,11H2,1-2H3,(H,16,18)(H,17,19). The van der Waals surface area contributed by atoms with Gasteiger partial charge in [-0.05, 0) is 30.5 Å². The zero-order valence-electron chi connectivity index (χ0n) is 11.7. The SMILES string of the molecule is CCCCCNC(=O)C(=O)Nc1ccc(CC)cc1. The molecule has 0 saturated carbocycles. The van der Waals surface area contributed by atoms with Crippen LogP contribution in [0.25, 0.3) is 0 Å². The highest BCUT2D eigenvalue weighted by Gasteiger charge is 2.12. The van der Waals surface area contributed by atoms with Gasteiger partial charge < -0.3 is 10.6 Å². The van der Waals surface area contributed by atoms with Crippen molar-refractivity contribution in [3.05, 3.63) is 29.8 Å². The fourth-order valence-electron chi connectivity index (χ4n) is 1.67. The minimum atomic E-state index is -0.610. The van der Waals surface area contributed by atoms with Crippen LogP contribution in [0, 0.1) is 0 Å². The molecule has 0 aliphatic heterocycles. The zero-order chi connectivity index (χ0) is 14.1. The quantitative estimate of drug-likeness (QED) is 0.611. The van der Waals surface area contributed by atoms with Crippen LogP contribution in [-0.4, -0.2) is 18.4 Å². The van der Waals surface area contributed by atoms with Crippen molar-refractivity contribution < 1.29 is 9.59 Å². The molecule has 0 heterocycles. The maximum Gasteiger partial charge on any atom is 0.313 e. The van der Waals surface area contributed by atoms with Crippen molar-refractivity contribution in [2.24, 2.45) is 0 Å². The smallest absolute Gasteiger partial charge is 0.313 e. The highest BCUT2D eigenvalue weighted by Crippen LogP contribution is 2.09. The minimum absolute atomic E-state index is 0.550. The summed E-state index contributed by atoms with van der Waals surface area (Å²) in [5.74, 6) is -1.18. The van der Waals surface area contributed by atoms with E-state index in [9.17, 15) is 9.59 Å². The Hall–Kier alpha value is -1.84. The highest BCUT2D eigenvalue weighted by molar-refractivity contribution is 6.39. The van der Waals surface area contributed by atoms with Crippen molar-refractivity contribution in [2.45, 2.75) is 39.5 Å². The predicted molar refractivity (Wildman–Crippen MR) is 77.0 cm³/mol. The van der Waals surface area contributed by atoms with E-state index in [2.05, 4.69) is 24.5 Å². The monoisotopic (exact) mass is 262 g/mol. The maximum absolute atomic E-state index is 11.6. The summed E-state index contributed by atoms with van der Waals surface area (Å²) in [7, 11) is 0. The second-order valence-electron chi connectivity index (χ2n) is 4.47. The molecular weight excluding hydrogens is 240 g/mol. The van der Waals surface area contributed by atoms with Crippen LogP contribution in [0.15, 0.2) is 24.3 Å². The molecule has 2 N–H and O–H groups in total. The van der Waals surface area contributed by atoms with Crippen molar-refractivity contribution in [1.82, 2.24) is 5.32 Å². The highest BCUT2D eigenvalue weighted by atomic mass is 16.2. The average Bonchev–Trinajstić information content (AvgIpc) is 2.44. The van der Waals surface area contributed by atoms with Crippen molar-refractivity contribution in [1.29, 1.82) is 0 Å². The Labute approximate surface area is 114 Å². The topological polar surface area (TPSA) is 58.2 Å². The number of anilines is 1. The van der Waals surface area contributed by atoms with E-state index >= 15 is 0 Å². The lowest BCUT2D eigenvalue weighted by Crippen LogP contribution is -2.35. The Bertz CT molecular complexity index is 413. The minimum Gasteiger partial charge on any atom is -0.348 e. The largest absolute Gasteiger partial charge is 0.348 e. The molecule has 0 spiro atoms. The number of nitrogens with one attached hydrogen (secondary N) is 2. The number of benzene rings is 1. The number of carbonyl (C=O) groups excluding carboxylic acids is 2. The van der Waals surface area contributed by atoms with Gasteiger partial charge in [-0.15, -0.1) is 0 Å². The number of unbranched alkanes of at least 4 members (excludes halogenated alkanes) is 2. The lowest BCUT2D eigenvalue weighted by atomic mass is 10.1. The summed E-state index contributed by atoms with van der Waals surface area (Å²) < 4.78 is 0. The second kappa shape index (κ2) is 8.29. The lowest BCUT2D eigenvalue weighted by molar-refractivity contribution is -0.136. The van der Waals surface area contributed by atoms with Gasteiger partial charge in [0.15, 0.2) is 0 Å². The molecule has 0 saturated heterocycles. The molecular formula is C15H22N2O2. The van der Waals surface area contributed by atoms with Crippen LogP contribution in [0.5, 0.6) is 0 Å². The lowest BCUT2D eigenvalue weighted by Gasteiger charge is -2.06. The zero-order valence-corrected chi connectivity index (χ0v) is 11.7. The Morgan fingerprint density at radius 3 is 2.26 bits per heavy atom. The molecule has 0 radical (unpaired) electrons. The van der Waals surface area contributed by atoms with Gasteiger partial charge in [-0.25, -0.2) is 0 Å². The van der Waals surface area contributed by atoms with Gasteiger partial charge in [-0.3, -0.25) is 9.59 Å². The predicted octanol–water partition coefficient (Wildman–Crippen LogP) is 2.49. The van der Waals surface area contributed by atoms with E-state index in [0.29, 0.717) is 12.2 Å². The Balaban J connectivity index is 2.38. The molecule has 4 nitrogen and oxygen atoms in total. The van der Waals surface area contributed by atoms with Gasteiger partial charge in [0.05, 0.1) is 0 Å². The van der Waals surface area contributed by atoms with Gasteiger partial charge in [-0.1, -0.05) is 38.8 Å². The van der Waals surface area contributed by atoms with E-state index in [1.807, 2.05) is 12.1 Å². The summed E-state index contributed by atoms with van der Waals surface area (Å²) in [6, 6.07) is 7.49. The van der Waals surface area contributed by atoms with Gasteiger partial charge in [0.25, 0.3) is 0 Å². The molecule has 0 aromatic heterocycles. The molecule has 0 aliphatic rings. The fourth-order valence-corrected chi connectivity index (χ4v) is 1.67. The van der Waals surface area contributed by atoms with Crippen LogP contribution >= 0.6 is 0 Å². The van der Waals surface area contributed by atoms with Crippen molar-refractivity contribution in [2.75, 3.05) is 11.9 Å². The van der Waals surface area contributed by atoms with Gasteiger partial charge in [0, 0.05) is 12.2 Å². The van der Waals surface area contributed by atoms with Crippen LogP contribution < -0.4 is 10.6 Å². The fraction of sp³-hybridized carbons (Fsp3) is 0.467. The number of amides is 2. The molecule has 2 amide bonds. The molecule has 1 aromatic carbocycles. The Morgan fingerprint density at radius 1 is 1.00 bits per heavy atom. The van der Waals surface area contributed by atoms with Gasteiger partial charge in [-0.2, -0.15) is 0 Å². The van der Waals surface area contributed by atoms with E-state index in [4.69, 9.17) is 0 Å². The van der Waals surface area contributed by atoms with Crippen molar-refractivity contribution in [3.63, 3.8) is 0 Å². The molecule has 0 aliphatic carbocycles. The van der Waals surface area contributed by atoms with E-state index in [1.54, 1.807) is 12.1 Å². The molecule has 0 fully saturated rings. The third-order valence-corrected chi connectivity index (χ3v) is 2.89. The summed E-state index contributed by atoms with van der Waals surface area (Å²) in [4.78, 5) is 23.1. The first-order valence-corrected chi connectivity index (χ1v) is 6.85. The normalized spacial score (nSPS) is 10.0. The van der Waals surface area contributed by atoms with Crippen LogP contribution in [0.4, 0.5) is 5.69 Å². The van der Waals surface area contributed by atoms with Crippen LogP contribution in [0.1, 0.15) is 38.7 Å². The summed E-state index contributed by atoms with van der Waals surface area (Å²) in [6.07, 6.45) is 4.00. The van der Waals surface area contributed by atoms with Gasteiger partial charge in [0.1, 0.15) is 0 Å². The van der Waals surface area contributed by atoms with Crippen LogP contribution in [-0.2, 0) is 16.0 Å². The number of hydrogen-bond acceptors (Lipinski definition) is 2. The van der Waals surface area contributed by atoms with E-state index < -0.39 is 11.8 Å². The summed E-state index contributed by atoms with van der Waals surface area (Å²) in [5.41, 5.74) is 1.84. The van der Waals surface area contributed by atoms with Crippen LogP contribution in [0.2, 0.25) is 0 Å². The number of rotatable bonds is 6. The molecule has 104 valence electrons. The molecule has 0 atom stereocenters. The molecule has 0 bridgehead atoms. The van der Waals surface area contributed by atoms with Crippen molar-refractivity contribution >= 4 is 17.5 Å². The molecule has 0 unspecified atom stereocenters. The van der Waals surface area contributed by atoms with Crippen molar-refractivity contribution in [3.8, 4) is 0 Å². The van der Waals surface area contributed by atoms with E-state index in [1.165, 1.54) is 5.56 Å². The molecule has 4 heteroatoms. The Morgan fingerprint density at radius 2 is 1.68 bits per heavy atom.